The zero-order valence-electron chi connectivity index (χ0n) is 13.4. The second-order valence-electron chi connectivity index (χ2n) is 5.73. The summed E-state index contributed by atoms with van der Waals surface area (Å²) in [6, 6.07) is 10.3. The van der Waals surface area contributed by atoms with Gasteiger partial charge in [-0.1, -0.05) is 17.7 Å². The van der Waals surface area contributed by atoms with Gasteiger partial charge in [0, 0.05) is 23.0 Å². The van der Waals surface area contributed by atoms with Crippen LogP contribution in [0, 0.1) is 0 Å². The quantitative estimate of drug-likeness (QED) is 0.501. The summed E-state index contributed by atoms with van der Waals surface area (Å²) in [6.07, 6.45) is -1.12. The Morgan fingerprint density at radius 3 is 2.77 bits per heavy atom. The molecule has 26 heavy (non-hydrogen) atoms. The zero-order valence-corrected chi connectivity index (χ0v) is 14.2. The number of halogens is 1. The number of fused-ring (bicyclic) bond motifs is 2. The summed E-state index contributed by atoms with van der Waals surface area (Å²) in [4.78, 5) is 31.3. The number of aromatic nitrogens is 4. The van der Waals surface area contributed by atoms with E-state index in [9.17, 15) is 9.59 Å². The van der Waals surface area contributed by atoms with E-state index in [2.05, 4.69) is 20.2 Å². The first-order valence-electron chi connectivity index (χ1n) is 7.59. The summed E-state index contributed by atoms with van der Waals surface area (Å²) in [5, 5.41) is 17.3. The molecule has 9 heteroatoms. The molecule has 0 fully saturated rings. The number of imidazole rings is 1. The molecule has 0 saturated heterocycles. The second kappa shape index (κ2) is 5.85. The average molecular weight is 370 g/mol. The van der Waals surface area contributed by atoms with Gasteiger partial charge in [-0.15, -0.1) is 0 Å². The van der Waals surface area contributed by atoms with E-state index in [1.807, 2.05) is 0 Å². The highest BCUT2D eigenvalue weighted by Crippen LogP contribution is 2.29. The number of amides is 1. The number of carbonyl (C=O) groups is 1. The van der Waals surface area contributed by atoms with Gasteiger partial charge in [0.1, 0.15) is 0 Å². The van der Waals surface area contributed by atoms with E-state index in [1.165, 1.54) is 7.05 Å². The lowest BCUT2D eigenvalue weighted by Crippen LogP contribution is -2.24. The predicted octanol–water partition coefficient (Wildman–Crippen LogP) is 3.23. The van der Waals surface area contributed by atoms with Crippen molar-refractivity contribution >= 4 is 45.4 Å². The highest BCUT2D eigenvalue weighted by atomic mass is 35.5. The molecule has 0 bridgehead atoms. The van der Waals surface area contributed by atoms with Gasteiger partial charge < -0.3 is 10.1 Å². The summed E-state index contributed by atoms with van der Waals surface area (Å²) < 4.78 is 0. The van der Waals surface area contributed by atoms with Crippen LogP contribution in [0.25, 0.3) is 33.1 Å². The van der Waals surface area contributed by atoms with E-state index < -0.39 is 6.09 Å². The molecule has 8 nitrogen and oxygen atoms in total. The van der Waals surface area contributed by atoms with Crippen molar-refractivity contribution in [2.45, 2.75) is 0 Å². The third-order valence-corrected chi connectivity index (χ3v) is 4.33. The van der Waals surface area contributed by atoms with Gasteiger partial charge in [0.2, 0.25) is 5.95 Å². The van der Waals surface area contributed by atoms with Crippen molar-refractivity contribution in [1.82, 2.24) is 20.2 Å². The molecule has 2 heterocycles. The number of aromatic amines is 2. The second-order valence-corrected chi connectivity index (χ2v) is 6.16. The number of hydrogen-bond acceptors (Lipinski definition) is 4. The van der Waals surface area contributed by atoms with E-state index in [0.29, 0.717) is 32.5 Å². The molecule has 0 spiro atoms. The number of nitrogens with zero attached hydrogens (tertiary/aromatic N) is 3. The lowest BCUT2D eigenvalue weighted by atomic mass is 10.0. The molecule has 3 N–H and O–H groups in total. The smallest absolute Gasteiger partial charge is 0.413 e. The van der Waals surface area contributed by atoms with Crippen LogP contribution in [0.1, 0.15) is 0 Å². The Morgan fingerprint density at radius 1 is 1.19 bits per heavy atom. The molecule has 0 aliphatic heterocycles. The van der Waals surface area contributed by atoms with Crippen LogP contribution in [-0.2, 0) is 0 Å². The number of rotatable bonds is 2. The fourth-order valence-corrected chi connectivity index (χ4v) is 2.92. The molecular weight excluding hydrogens is 358 g/mol. The summed E-state index contributed by atoms with van der Waals surface area (Å²) in [5.74, 6) is 0.215. The van der Waals surface area contributed by atoms with Crippen molar-refractivity contribution in [2.75, 3.05) is 11.9 Å². The summed E-state index contributed by atoms with van der Waals surface area (Å²) in [5.41, 5.74) is 2.26. The fraction of sp³-hybridized carbons (Fsp3) is 0.0588. The SMILES string of the molecule is CN(C(=O)O)c1nc2ccc(-c3n[nH]c(=O)c4ccc(Cl)cc34)cc2[nH]1. The van der Waals surface area contributed by atoms with Crippen LogP contribution in [0.15, 0.2) is 41.2 Å². The van der Waals surface area contributed by atoms with Crippen LogP contribution in [0.3, 0.4) is 0 Å². The molecule has 0 saturated carbocycles. The Labute approximate surface area is 151 Å². The lowest BCUT2D eigenvalue weighted by molar-refractivity contribution is 0.203. The minimum atomic E-state index is -1.12. The van der Waals surface area contributed by atoms with Gasteiger partial charge >= 0.3 is 6.09 Å². The van der Waals surface area contributed by atoms with Crippen LogP contribution < -0.4 is 10.5 Å². The maximum atomic E-state index is 12.0. The lowest BCUT2D eigenvalue weighted by Gasteiger charge is -2.07. The van der Waals surface area contributed by atoms with Crippen molar-refractivity contribution in [3.8, 4) is 11.3 Å². The molecule has 1 amide bonds. The number of hydrogen-bond donors (Lipinski definition) is 3. The Hall–Kier alpha value is -3.39. The van der Waals surface area contributed by atoms with E-state index in [4.69, 9.17) is 16.7 Å². The van der Waals surface area contributed by atoms with Crippen molar-refractivity contribution in [3.63, 3.8) is 0 Å². The van der Waals surface area contributed by atoms with Crippen molar-refractivity contribution in [3.05, 3.63) is 51.8 Å². The molecule has 0 aliphatic carbocycles. The largest absolute Gasteiger partial charge is 0.465 e. The molecule has 4 rings (SSSR count). The van der Waals surface area contributed by atoms with E-state index in [0.717, 1.165) is 10.5 Å². The third kappa shape index (κ3) is 2.56. The summed E-state index contributed by atoms with van der Waals surface area (Å²) >= 11 is 6.08. The number of nitrogens with one attached hydrogen (secondary N) is 2. The van der Waals surface area contributed by atoms with Gasteiger partial charge in [0.15, 0.2) is 0 Å². The number of benzene rings is 2. The van der Waals surface area contributed by atoms with Crippen molar-refractivity contribution in [1.29, 1.82) is 0 Å². The van der Waals surface area contributed by atoms with Gasteiger partial charge in [0.25, 0.3) is 5.56 Å². The Balaban J connectivity index is 1.91. The molecule has 130 valence electrons. The average Bonchev–Trinajstić information content (AvgIpc) is 3.04. The van der Waals surface area contributed by atoms with Gasteiger partial charge in [-0.3, -0.25) is 9.69 Å². The van der Waals surface area contributed by atoms with Crippen molar-refractivity contribution < 1.29 is 9.90 Å². The molecule has 0 unspecified atom stereocenters. The van der Waals surface area contributed by atoms with Crippen LogP contribution in [0.2, 0.25) is 5.02 Å². The molecule has 0 radical (unpaired) electrons. The normalized spacial score (nSPS) is 11.2. The van der Waals surface area contributed by atoms with Gasteiger partial charge in [-0.2, -0.15) is 5.10 Å². The molecular formula is C17H12ClN5O3. The maximum Gasteiger partial charge on any atom is 0.413 e. The maximum absolute atomic E-state index is 12.0. The standard InChI is InChI=1S/C17H12ClN5O3/c1-23(17(25)26)16-19-12-5-2-8(6-13(12)20-16)14-11-7-9(18)3-4-10(11)15(24)22-21-14/h2-7H,1H3,(H,19,20)(H,22,24)(H,25,26). The number of carboxylic acid groups (broad SMARTS) is 1. The molecule has 2 aromatic heterocycles. The first-order valence-corrected chi connectivity index (χ1v) is 7.96. The van der Waals surface area contributed by atoms with Gasteiger partial charge in [0.05, 0.1) is 22.1 Å². The zero-order chi connectivity index (χ0) is 18.4. The monoisotopic (exact) mass is 369 g/mol. The summed E-state index contributed by atoms with van der Waals surface area (Å²) in [7, 11) is 1.40. The highest BCUT2D eigenvalue weighted by molar-refractivity contribution is 6.31. The van der Waals surface area contributed by atoms with Crippen molar-refractivity contribution in [2.24, 2.45) is 0 Å². The highest BCUT2D eigenvalue weighted by Gasteiger charge is 2.15. The topological polar surface area (TPSA) is 115 Å². The minimum absolute atomic E-state index is 0.215. The van der Waals surface area contributed by atoms with E-state index in [-0.39, 0.29) is 11.5 Å². The Bertz CT molecular complexity index is 1230. The molecule has 0 atom stereocenters. The van der Waals surface area contributed by atoms with Gasteiger partial charge in [-0.25, -0.2) is 14.9 Å². The fourth-order valence-electron chi connectivity index (χ4n) is 2.75. The Kier molecular flexibility index (Phi) is 3.62. The first kappa shape index (κ1) is 16.1. The Morgan fingerprint density at radius 2 is 2.00 bits per heavy atom. The molecule has 0 aliphatic rings. The van der Waals surface area contributed by atoms with Gasteiger partial charge in [-0.05, 0) is 30.3 Å². The van der Waals surface area contributed by atoms with Crippen LogP contribution in [0.4, 0.5) is 10.7 Å². The molecule has 2 aromatic carbocycles. The summed E-state index contributed by atoms with van der Waals surface area (Å²) in [6.45, 7) is 0. The van der Waals surface area contributed by atoms with Crippen LogP contribution >= 0.6 is 11.6 Å². The molecule has 4 aromatic rings. The first-order chi connectivity index (χ1) is 12.4. The predicted molar refractivity (Wildman–Crippen MR) is 98.9 cm³/mol. The third-order valence-electron chi connectivity index (χ3n) is 4.10. The van der Waals surface area contributed by atoms with E-state index in [1.54, 1.807) is 36.4 Å². The van der Waals surface area contributed by atoms with E-state index >= 15 is 0 Å². The number of anilines is 1. The number of H-pyrrole nitrogens is 2. The van der Waals surface area contributed by atoms with Crippen LogP contribution in [-0.4, -0.2) is 38.4 Å². The van der Waals surface area contributed by atoms with Crippen LogP contribution in [0.5, 0.6) is 0 Å². The minimum Gasteiger partial charge on any atom is -0.465 e.